The van der Waals surface area contributed by atoms with Gasteiger partial charge >= 0.3 is 5.97 Å². The van der Waals surface area contributed by atoms with E-state index in [1.165, 1.54) is 35.1 Å². The van der Waals surface area contributed by atoms with Gasteiger partial charge in [0.2, 0.25) is 5.91 Å². The highest BCUT2D eigenvalue weighted by molar-refractivity contribution is 7.99. The van der Waals surface area contributed by atoms with Crippen molar-refractivity contribution in [3.63, 3.8) is 0 Å². The molecule has 2 aromatic heterocycles. The molecule has 3 rings (SSSR count). The van der Waals surface area contributed by atoms with Crippen LogP contribution in [0.5, 0.6) is 0 Å². The summed E-state index contributed by atoms with van der Waals surface area (Å²) in [5.74, 6) is 0.281. The molecule has 0 unspecified atom stereocenters. The zero-order chi connectivity index (χ0) is 20.3. The second-order valence-corrected chi connectivity index (χ2v) is 10.1. The number of methoxy groups -OCH3 is 1. The Morgan fingerprint density at radius 1 is 1.36 bits per heavy atom. The normalized spacial score (nSPS) is 16.4. The lowest BCUT2D eigenvalue weighted by Crippen LogP contribution is -2.26. The van der Waals surface area contributed by atoms with Crippen LogP contribution in [-0.4, -0.2) is 29.7 Å². The first-order valence-corrected chi connectivity index (χ1v) is 11.2. The number of nitrogens with zero attached hydrogens (tertiary/aromatic N) is 1. The number of carbonyl (C=O) groups excluding carboxylic acids is 2. The third kappa shape index (κ3) is 4.75. The fraction of sp³-hybridized carbons (Fsp3) is 0.476. The molecule has 1 amide bonds. The highest BCUT2D eigenvalue weighted by Crippen LogP contribution is 2.44. The van der Waals surface area contributed by atoms with Crippen molar-refractivity contribution < 1.29 is 14.3 Å². The van der Waals surface area contributed by atoms with Crippen molar-refractivity contribution in [3.05, 3.63) is 40.4 Å². The third-order valence-corrected chi connectivity index (χ3v) is 7.23. The van der Waals surface area contributed by atoms with Crippen LogP contribution in [0.1, 0.15) is 48.0 Å². The molecule has 7 heteroatoms. The zero-order valence-electron chi connectivity index (χ0n) is 16.7. The van der Waals surface area contributed by atoms with E-state index in [4.69, 9.17) is 4.74 Å². The van der Waals surface area contributed by atoms with E-state index in [1.54, 1.807) is 6.20 Å². The molecule has 5 nitrogen and oxygen atoms in total. The van der Waals surface area contributed by atoms with E-state index in [0.717, 1.165) is 29.9 Å². The average Bonchev–Trinajstić information content (AvgIpc) is 3.02. The number of aromatic nitrogens is 1. The first kappa shape index (κ1) is 20.9. The van der Waals surface area contributed by atoms with Gasteiger partial charge in [0.25, 0.3) is 0 Å². The number of pyridine rings is 1. The molecule has 1 N–H and O–H groups in total. The highest BCUT2D eigenvalue weighted by atomic mass is 32.2. The van der Waals surface area contributed by atoms with Crippen LogP contribution in [0.4, 0.5) is 5.00 Å². The minimum atomic E-state index is -0.376. The number of esters is 1. The van der Waals surface area contributed by atoms with E-state index in [9.17, 15) is 9.59 Å². The van der Waals surface area contributed by atoms with Gasteiger partial charge < -0.3 is 10.1 Å². The third-order valence-electron chi connectivity index (χ3n) is 5.12. The fourth-order valence-corrected chi connectivity index (χ4v) is 5.46. The molecule has 0 bridgehead atoms. The van der Waals surface area contributed by atoms with E-state index >= 15 is 0 Å². The number of thioether (sulfide) groups is 1. The molecule has 2 aromatic rings. The number of hydrogen-bond acceptors (Lipinski definition) is 6. The van der Waals surface area contributed by atoms with Crippen LogP contribution in [0, 0.1) is 11.3 Å². The van der Waals surface area contributed by atoms with E-state index in [-0.39, 0.29) is 23.0 Å². The summed E-state index contributed by atoms with van der Waals surface area (Å²) in [6, 6.07) is 5.60. The molecule has 0 fully saturated rings. The lowest BCUT2D eigenvalue weighted by molar-refractivity contribution is -0.113. The molecule has 2 heterocycles. The molecule has 28 heavy (non-hydrogen) atoms. The summed E-state index contributed by atoms with van der Waals surface area (Å²) in [6.07, 6.45) is 4.53. The largest absolute Gasteiger partial charge is 0.465 e. The van der Waals surface area contributed by atoms with Crippen molar-refractivity contribution in [1.29, 1.82) is 0 Å². The summed E-state index contributed by atoms with van der Waals surface area (Å²) in [5.41, 5.74) is 1.80. The molecule has 0 saturated heterocycles. The van der Waals surface area contributed by atoms with Gasteiger partial charge in [0.1, 0.15) is 5.00 Å². The predicted octanol–water partition coefficient (Wildman–Crippen LogP) is 4.81. The van der Waals surface area contributed by atoms with E-state index in [0.29, 0.717) is 16.5 Å². The van der Waals surface area contributed by atoms with Gasteiger partial charge in [-0.25, -0.2) is 9.78 Å². The number of hydrogen-bond donors (Lipinski definition) is 1. The number of rotatable bonds is 5. The van der Waals surface area contributed by atoms with Crippen molar-refractivity contribution >= 4 is 40.0 Å². The van der Waals surface area contributed by atoms with Crippen LogP contribution in [0.3, 0.4) is 0 Å². The first-order valence-electron chi connectivity index (χ1n) is 9.36. The predicted molar refractivity (Wildman–Crippen MR) is 114 cm³/mol. The second kappa shape index (κ2) is 8.66. The summed E-state index contributed by atoms with van der Waals surface area (Å²) in [7, 11) is 1.38. The van der Waals surface area contributed by atoms with Gasteiger partial charge in [-0.05, 0) is 48.3 Å². The minimum absolute atomic E-state index is 0.147. The molecule has 0 aliphatic heterocycles. The monoisotopic (exact) mass is 418 g/mol. The topological polar surface area (TPSA) is 68.3 Å². The Morgan fingerprint density at radius 3 is 2.79 bits per heavy atom. The summed E-state index contributed by atoms with van der Waals surface area (Å²) >= 11 is 2.89. The van der Waals surface area contributed by atoms with Crippen LogP contribution in [0.2, 0.25) is 0 Å². The van der Waals surface area contributed by atoms with Crippen molar-refractivity contribution in [2.75, 3.05) is 18.2 Å². The standard InChI is InChI=1S/C21H26N2O3S2/c1-21(2,3)13-8-9-14-15(11-13)28-19(18(14)20(25)26-4)23-16(24)12-27-17-7-5-6-10-22-17/h5-7,10,13H,8-9,11-12H2,1-4H3,(H,23,24)/t13-/m0/s1. The number of ether oxygens (including phenoxy) is 1. The second-order valence-electron chi connectivity index (χ2n) is 8.01. The van der Waals surface area contributed by atoms with Gasteiger partial charge in [0, 0.05) is 11.1 Å². The molecule has 1 aliphatic rings. The summed E-state index contributed by atoms with van der Waals surface area (Å²) < 4.78 is 5.01. The van der Waals surface area contributed by atoms with Gasteiger partial charge in [0.05, 0.1) is 23.5 Å². The fourth-order valence-electron chi connectivity index (χ4n) is 3.47. The van der Waals surface area contributed by atoms with E-state index in [2.05, 4.69) is 31.1 Å². The van der Waals surface area contributed by atoms with Crippen LogP contribution in [-0.2, 0) is 22.4 Å². The SMILES string of the molecule is COC(=O)c1c(NC(=O)CSc2ccccn2)sc2c1CC[C@H](C(C)(C)C)C2. The molecular weight excluding hydrogens is 392 g/mol. The number of nitrogens with one attached hydrogen (secondary N) is 1. The van der Waals surface area contributed by atoms with E-state index < -0.39 is 0 Å². The van der Waals surface area contributed by atoms with Crippen LogP contribution < -0.4 is 5.32 Å². The van der Waals surface area contributed by atoms with Crippen molar-refractivity contribution in [2.24, 2.45) is 11.3 Å². The Hall–Kier alpha value is -1.86. The Labute approximate surface area is 174 Å². The summed E-state index contributed by atoms with van der Waals surface area (Å²) in [5, 5.41) is 4.34. The summed E-state index contributed by atoms with van der Waals surface area (Å²) in [6.45, 7) is 6.78. The van der Waals surface area contributed by atoms with Gasteiger partial charge in [-0.3, -0.25) is 4.79 Å². The summed E-state index contributed by atoms with van der Waals surface area (Å²) in [4.78, 5) is 30.3. The van der Waals surface area contributed by atoms with Gasteiger partial charge in [-0.2, -0.15) is 0 Å². The van der Waals surface area contributed by atoms with Crippen LogP contribution >= 0.6 is 23.1 Å². The molecular formula is C21H26N2O3S2. The number of anilines is 1. The maximum absolute atomic E-state index is 12.5. The number of carbonyl (C=O) groups is 2. The molecule has 0 spiro atoms. The van der Waals surface area contributed by atoms with Gasteiger partial charge in [0.15, 0.2) is 0 Å². The van der Waals surface area contributed by atoms with Gasteiger partial charge in [-0.15, -0.1) is 11.3 Å². The van der Waals surface area contributed by atoms with Crippen LogP contribution in [0.15, 0.2) is 29.4 Å². The first-order chi connectivity index (χ1) is 13.3. The molecule has 0 aromatic carbocycles. The highest BCUT2D eigenvalue weighted by Gasteiger charge is 2.34. The number of fused-ring (bicyclic) bond motifs is 1. The number of amides is 1. The Bertz CT molecular complexity index is 857. The van der Waals surface area contributed by atoms with Gasteiger partial charge in [-0.1, -0.05) is 38.6 Å². The molecule has 1 atom stereocenters. The maximum Gasteiger partial charge on any atom is 0.341 e. The lowest BCUT2D eigenvalue weighted by atomic mass is 9.72. The lowest BCUT2D eigenvalue weighted by Gasteiger charge is -2.33. The van der Waals surface area contributed by atoms with Crippen molar-refractivity contribution in [3.8, 4) is 0 Å². The average molecular weight is 419 g/mol. The molecule has 150 valence electrons. The minimum Gasteiger partial charge on any atom is -0.465 e. The van der Waals surface area contributed by atoms with Crippen LogP contribution in [0.25, 0.3) is 0 Å². The molecule has 0 saturated carbocycles. The Morgan fingerprint density at radius 2 is 2.14 bits per heavy atom. The smallest absolute Gasteiger partial charge is 0.341 e. The quantitative estimate of drug-likeness (QED) is 0.557. The maximum atomic E-state index is 12.5. The zero-order valence-corrected chi connectivity index (χ0v) is 18.3. The van der Waals surface area contributed by atoms with E-state index in [1.807, 2.05) is 18.2 Å². The van der Waals surface area contributed by atoms with Crippen molar-refractivity contribution in [1.82, 2.24) is 4.98 Å². The molecule has 0 radical (unpaired) electrons. The Balaban J connectivity index is 1.77. The number of thiophene rings is 1. The molecule has 1 aliphatic carbocycles. The Kier molecular flexibility index (Phi) is 6.45. The van der Waals surface area contributed by atoms with Crippen molar-refractivity contribution in [2.45, 2.75) is 45.1 Å².